The molecule has 0 N–H and O–H groups in total. The molecule has 1 atom stereocenters. The number of hydrogen-bond acceptors (Lipinski definition) is 4. The maximum Gasteiger partial charge on any atom is 0.153 e. The summed E-state index contributed by atoms with van der Waals surface area (Å²) in [6, 6.07) is -0.0238. The van der Waals surface area contributed by atoms with Crippen molar-refractivity contribution in [3.8, 4) is 0 Å². The van der Waals surface area contributed by atoms with Gasteiger partial charge in [-0.05, 0) is 6.92 Å². The second-order valence-electron chi connectivity index (χ2n) is 3.83. The summed E-state index contributed by atoms with van der Waals surface area (Å²) in [6.45, 7) is 4.58. The lowest BCUT2D eigenvalue weighted by Crippen LogP contribution is -2.48. The molecule has 1 aliphatic rings. The molecule has 82 valence electrons. The Morgan fingerprint density at radius 2 is 2.14 bits per heavy atom. The van der Waals surface area contributed by atoms with Crippen molar-refractivity contribution < 1.29 is 13.2 Å². The summed E-state index contributed by atoms with van der Waals surface area (Å²) in [6.07, 6.45) is 0.524. The SMILES string of the molecule is CCC(=O)CN1CCS(=O)(=O)CC1C. The summed E-state index contributed by atoms with van der Waals surface area (Å²) >= 11 is 0. The predicted molar refractivity (Wildman–Crippen MR) is 55.0 cm³/mol. The first kappa shape index (κ1) is 11.7. The summed E-state index contributed by atoms with van der Waals surface area (Å²) in [5.41, 5.74) is 0. The molecule has 1 heterocycles. The van der Waals surface area contributed by atoms with Gasteiger partial charge in [-0.1, -0.05) is 6.92 Å². The van der Waals surface area contributed by atoms with Gasteiger partial charge in [0.15, 0.2) is 9.84 Å². The van der Waals surface area contributed by atoms with Crippen LogP contribution in [-0.4, -0.2) is 49.7 Å². The second kappa shape index (κ2) is 4.40. The lowest BCUT2D eigenvalue weighted by Gasteiger charge is -2.32. The summed E-state index contributed by atoms with van der Waals surface area (Å²) in [5.74, 6) is 0.550. The number of carbonyl (C=O) groups excluding carboxylic acids is 1. The van der Waals surface area contributed by atoms with E-state index in [-0.39, 0.29) is 23.3 Å². The average Bonchev–Trinajstić information content (AvgIpc) is 2.09. The Bertz CT molecular complexity index is 310. The zero-order chi connectivity index (χ0) is 10.8. The normalized spacial score (nSPS) is 27.4. The van der Waals surface area contributed by atoms with Crippen molar-refractivity contribution in [3.05, 3.63) is 0 Å². The van der Waals surface area contributed by atoms with Crippen LogP contribution in [0, 0.1) is 0 Å². The van der Waals surface area contributed by atoms with Gasteiger partial charge in [0.25, 0.3) is 0 Å². The zero-order valence-corrected chi connectivity index (χ0v) is 9.51. The van der Waals surface area contributed by atoms with E-state index < -0.39 is 9.84 Å². The number of sulfone groups is 1. The van der Waals surface area contributed by atoms with Crippen LogP contribution >= 0.6 is 0 Å². The Morgan fingerprint density at radius 3 is 2.64 bits per heavy atom. The van der Waals surface area contributed by atoms with Crippen LogP contribution in [-0.2, 0) is 14.6 Å². The Balaban J connectivity index is 2.54. The second-order valence-corrected chi connectivity index (χ2v) is 6.05. The molecule has 0 aromatic carbocycles. The topological polar surface area (TPSA) is 54.5 Å². The van der Waals surface area contributed by atoms with Crippen LogP contribution in [0.15, 0.2) is 0 Å². The van der Waals surface area contributed by atoms with E-state index in [0.29, 0.717) is 19.5 Å². The molecule has 14 heavy (non-hydrogen) atoms. The third-order valence-corrected chi connectivity index (χ3v) is 4.38. The Labute approximate surface area is 85.2 Å². The fourth-order valence-corrected chi connectivity index (χ4v) is 3.23. The van der Waals surface area contributed by atoms with Crippen LogP contribution in [0.2, 0.25) is 0 Å². The van der Waals surface area contributed by atoms with E-state index in [1.54, 1.807) is 0 Å². The minimum absolute atomic E-state index is 0.0238. The van der Waals surface area contributed by atoms with Crippen LogP contribution < -0.4 is 0 Å². The minimum Gasteiger partial charge on any atom is -0.298 e. The highest BCUT2D eigenvalue weighted by Gasteiger charge is 2.28. The quantitative estimate of drug-likeness (QED) is 0.675. The Kier molecular flexibility index (Phi) is 3.66. The van der Waals surface area contributed by atoms with Crippen LogP contribution in [0.5, 0.6) is 0 Å². The van der Waals surface area contributed by atoms with Gasteiger partial charge in [0, 0.05) is 19.0 Å². The van der Waals surface area contributed by atoms with Gasteiger partial charge in [0.2, 0.25) is 0 Å². The summed E-state index contributed by atoms with van der Waals surface area (Å²) in [5, 5.41) is 0. The minimum atomic E-state index is -2.86. The number of hydrogen-bond donors (Lipinski definition) is 0. The van der Waals surface area contributed by atoms with Gasteiger partial charge in [0.1, 0.15) is 5.78 Å². The molecular weight excluding hydrogens is 202 g/mol. The van der Waals surface area contributed by atoms with Crippen LogP contribution in [0.1, 0.15) is 20.3 Å². The molecule has 1 fully saturated rings. The molecule has 0 amide bonds. The number of Topliss-reactive ketones (excluding diaryl/α,β-unsaturated/α-hetero) is 1. The van der Waals surface area contributed by atoms with E-state index in [0.717, 1.165) is 0 Å². The molecule has 0 radical (unpaired) electrons. The van der Waals surface area contributed by atoms with Gasteiger partial charge in [0.05, 0.1) is 18.1 Å². The van der Waals surface area contributed by atoms with E-state index in [4.69, 9.17) is 0 Å². The van der Waals surface area contributed by atoms with Crippen LogP contribution in [0.25, 0.3) is 0 Å². The Hall–Kier alpha value is -0.420. The maximum absolute atomic E-state index is 11.3. The van der Waals surface area contributed by atoms with Gasteiger partial charge >= 0.3 is 0 Å². The molecule has 5 heteroatoms. The molecule has 0 bridgehead atoms. The van der Waals surface area contributed by atoms with E-state index in [9.17, 15) is 13.2 Å². The fourth-order valence-electron chi connectivity index (χ4n) is 1.61. The molecular formula is C9H17NO3S. The molecule has 1 saturated heterocycles. The number of carbonyl (C=O) groups is 1. The van der Waals surface area contributed by atoms with Crippen molar-refractivity contribution in [2.24, 2.45) is 0 Å². The van der Waals surface area contributed by atoms with Gasteiger partial charge in [-0.3, -0.25) is 9.69 Å². The zero-order valence-electron chi connectivity index (χ0n) is 8.69. The lowest BCUT2D eigenvalue weighted by atomic mass is 10.2. The molecule has 0 aromatic rings. The fraction of sp³-hybridized carbons (Fsp3) is 0.889. The van der Waals surface area contributed by atoms with Gasteiger partial charge < -0.3 is 0 Å². The van der Waals surface area contributed by atoms with Crippen molar-refractivity contribution in [1.82, 2.24) is 4.90 Å². The molecule has 4 nitrogen and oxygen atoms in total. The van der Waals surface area contributed by atoms with Crippen molar-refractivity contribution >= 4 is 15.6 Å². The van der Waals surface area contributed by atoms with Gasteiger partial charge in [-0.15, -0.1) is 0 Å². The van der Waals surface area contributed by atoms with Crippen LogP contribution in [0.4, 0.5) is 0 Å². The van der Waals surface area contributed by atoms with E-state index in [1.165, 1.54) is 0 Å². The van der Waals surface area contributed by atoms with E-state index in [2.05, 4.69) is 0 Å². The molecule has 0 spiro atoms. The molecule has 1 rings (SSSR count). The van der Waals surface area contributed by atoms with Crippen molar-refractivity contribution in [1.29, 1.82) is 0 Å². The van der Waals surface area contributed by atoms with E-state index in [1.807, 2.05) is 18.7 Å². The summed E-state index contributed by atoms with van der Waals surface area (Å²) in [7, 11) is -2.86. The number of rotatable bonds is 3. The molecule has 0 aromatic heterocycles. The first-order valence-electron chi connectivity index (χ1n) is 4.91. The van der Waals surface area contributed by atoms with Gasteiger partial charge in [-0.25, -0.2) is 8.42 Å². The van der Waals surface area contributed by atoms with Crippen molar-refractivity contribution in [3.63, 3.8) is 0 Å². The number of nitrogens with zero attached hydrogens (tertiary/aromatic N) is 1. The first-order valence-corrected chi connectivity index (χ1v) is 6.73. The van der Waals surface area contributed by atoms with Gasteiger partial charge in [-0.2, -0.15) is 0 Å². The van der Waals surface area contributed by atoms with Crippen LogP contribution in [0.3, 0.4) is 0 Å². The molecule has 1 aliphatic heterocycles. The standard InChI is InChI=1S/C9H17NO3S/c1-3-9(11)6-10-4-5-14(12,13)7-8(10)2/h8H,3-7H2,1-2H3. The number of ketones is 1. The molecule has 0 saturated carbocycles. The van der Waals surface area contributed by atoms with Crippen molar-refractivity contribution in [2.45, 2.75) is 26.3 Å². The smallest absolute Gasteiger partial charge is 0.153 e. The summed E-state index contributed by atoms with van der Waals surface area (Å²) < 4.78 is 22.5. The highest BCUT2D eigenvalue weighted by Crippen LogP contribution is 2.11. The third kappa shape index (κ3) is 3.06. The molecule has 1 unspecified atom stereocenters. The first-order chi connectivity index (χ1) is 6.44. The highest BCUT2D eigenvalue weighted by molar-refractivity contribution is 7.91. The van der Waals surface area contributed by atoms with Crippen molar-refractivity contribution in [2.75, 3.05) is 24.6 Å². The monoisotopic (exact) mass is 219 g/mol. The molecule has 0 aliphatic carbocycles. The summed E-state index contributed by atoms with van der Waals surface area (Å²) in [4.78, 5) is 13.1. The lowest BCUT2D eigenvalue weighted by molar-refractivity contribution is -0.120. The maximum atomic E-state index is 11.3. The third-order valence-electron chi connectivity index (χ3n) is 2.58. The Morgan fingerprint density at radius 1 is 1.50 bits per heavy atom. The highest BCUT2D eigenvalue weighted by atomic mass is 32.2. The average molecular weight is 219 g/mol. The largest absolute Gasteiger partial charge is 0.298 e. The predicted octanol–water partition coefficient (Wildman–Crippen LogP) is 0.0844. The van der Waals surface area contributed by atoms with E-state index >= 15 is 0 Å².